The maximum absolute atomic E-state index is 12.3. The van der Waals surface area contributed by atoms with Crippen molar-refractivity contribution in [2.45, 2.75) is 6.42 Å². The summed E-state index contributed by atoms with van der Waals surface area (Å²) in [7, 11) is 1.20. The van der Waals surface area contributed by atoms with Crippen LogP contribution >= 0.6 is 11.6 Å². The minimum Gasteiger partial charge on any atom is -0.507 e. The second-order valence-electron chi connectivity index (χ2n) is 5.23. The van der Waals surface area contributed by atoms with Gasteiger partial charge in [-0.3, -0.25) is 19.1 Å². The van der Waals surface area contributed by atoms with Gasteiger partial charge < -0.3 is 25.0 Å². The van der Waals surface area contributed by atoms with Crippen LogP contribution in [0, 0.1) is 0 Å². The third-order valence-corrected chi connectivity index (χ3v) is 3.88. The van der Waals surface area contributed by atoms with Crippen molar-refractivity contribution in [1.29, 1.82) is 0 Å². The molecular formula is C17H15ClF3NO8. The topological polar surface area (TPSA) is 139 Å². The van der Waals surface area contributed by atoms with Crippen molar-refractivity contribution in [1.82, 2.24) is 5.32 Å². The number of methoxy groups -OCH3 is 1. The lowest BCUT2D eigenvalue weighted by Gasteiger charge is -2.17. The molecule has 0 radical (unpaired) electrons. The smallest absolute Gasteiger partial charge is 0.341 e. The fourth-order valence-corrected chi connectivity index (χ4v) is 2.50. The van der Waals surface area contributed by atoms with Gasteiger partial charge in [-0.2, -0.15) is 0 Å². The van der Waals surface area contributed by atoms with Gasteiger partial charge in [0.05, 0.1) is 30.0 Å². The summed E-state index contributed by atoms with van der Waals surface area (Å²) < 4.78 is 25.9. The monoisotopic (exact) mass is 453 g/mol. The Kier molecular flexibility index (Phi) is 10.7. The minimum atomic E-state index is -0.953. The van der Waals surface area contributed by atoms with Crippen LogP contribution in [-0.2, 0) is 23.9 Å². The van der Waals surface area contributed by atoms with Gasteiger partial charge in [-0.1, -0.05) is 11.6 Å². The molecule has 0 aliphatic heterocycles. The van der Waals surface area contributed by atoms with Crippen LogP contribution in [0.5, 0.6) is 11.5 Å². The second-order valence-corrected chi connectivity index (χ2v) is 5.64. The highest BCUT2D eigenvalue weighted by molar-refractivity contribution is 6.32. The summed E-state index contributed by atoms with van der Waals surface area (Å²) >= 11 is 5.69. The summed E-state index contributed by atoms with van der Waals surface area (Å²) in [5.41, 5.74) is -0.580. The lowest BCUT2D eigenvalue weighted by atomic mass is 9.96. The molecule has 9 nitrogen and oxygen atoms in total. The van der Waals surface area contributed by atoms with Gasteiger partial charge in [0.2, 0.25) is 18.0 Å². The zero-order valence-corrected chi connectivity index (χ0v) is 15.9. The van der Waals surface area contributed by atoms with Crippen LogP contribution in [0.4, 0.5) is 13.9 Å². The lowest BCUT2D eigenvalue weighted by Crippen LogP contribution is -2.28. The Labute approximate surface area is 171 Å². The van der Waals surface area contributed by atoms with E-state index in [9.17, 15) is 29.4 Å². The van der Waals surface area contributed by atoms with E-state index >= 15 is 0 Å². The van der Waals surface area contributed by atoms with Crippen molar-refractivity contribution in [3.63, 3.8) is 0 Å². The summed E-state index contributed by atoms with van der Waals surface area (Å²) in [6.45, 7) is -0.327. The van der Waals surface area contributed by atoms with E-state index < -0.39 is 29.0 Å². The first-order valence-corrected chi connectivity index (χ1v) is 7.98. The largest absolute Gasteiger partial charge is 0.507 e. The maximum atomic E-state index is 12.3. The van der Waals surface area contributed by atoms with Crippen molar-refractivity contribution < 1.29 is 52.7 Å². The third-order valence-electron chi connectivity index (χ3n) is 3.58. The molecule has 1 amide bonds. The van der Waals surface area contributed by atoms with Crippen molar-refractivity contribution in [2.75, 3.05) is 13.7 Å². The van der Waals surface area contributed by atoms with Gasteiger partial charge in [-0.15, -0.1) is 0 Å². The summed E-state index contributed by atoms with van der Waals surface area (Å²) in [5, 5.41) is 21.0. The van der Waals surface area contributed by atoms with Gasteiger partial charge in [0.15, 0.2) is 5.76 Å². The van der Waals surface area contributed by atoms with E-state index in [4.69, 9.17) is 30.2 Å². The average Bonchev–Trinajstić information content (AvgIpc) is 2.69. The Morgan fingerprint density at radius 2 is 1.87 bits per heavy atom. The van der Waals surface area contributed by atoms with E-state index in [0.717, 1.165) is 18.2 Å². The fourth-order valence-electron chi connectivity index (χ4n) is 2.34. The number of amides is 1. The van der Waals surface area contributed by atoms with Gasteiger partial charge in [0.25, 0.3) is 0 Å². The number of carbonyl (C=O) groups excluding carboxylic acids is 4. The van der Waals surface area contributed by atoms with E-state index in [-0.39, 0.29) is 51.8 Å². The normalized spacial score (nSPS) is 12.7. The number of halogens is 4. The first kappa shape index (κ1) is 26.5. The molecule has 0 unspecified atom stereocenters. The molecule has 2 rings (SSSR count). The Morgan fingerprint density at radius 3 is 2.43 bits per heavy atom. The lowest BCUT2D eigenvalue weighted by molar-refractivity contribution is -0.119. The molecule has 0 saturated heterocycles. The molecule has 0 atom stereocenters. The number of hydrogen-bond donors (Lipinski definition) is 3. The highest BCUT2D eigenvalue weighted by Gasteiger charge is 2.29. The Bertz CT molecular complexity index is 901. The summed E-state index contributed by atoms with van der Waals surface area (Å²) in [6, 6.07) is 1.91. The number of nitrogens with one attached hydrogen (secondary N) is 1. The molecule has 1 aliphatic rings. The van der Waals surface area contributed by atoms with Crippen LogP contribution in [0.15, 0.2) is 35.2 Å². The van der Waals surface area contributed by atoms with Gasteiger partial charge in [0, 0.05) is 27.7 Å². The number of phenols is 2. The molecular weight excluding hydrogens is 439 g/mol. The van der Waals surface area contributed by atoms with E-state index in [0.29, 0.717) is 0 Å². The molecule has 3 N–H and O–H groups in total. The van der Waals surface area contributed by atoms with Gasteiger partial charge in [-0.05, 0) is 6.07 Å². The molecule has 1 aromatic rings. The van der Waals surface area contributed by atoms with Crippen LogP contribution in [-0.4, -0.2) is 47.9 Å². The number of phenolic OH excluding ortho intramolecular Hbond substituents is 2. The zero-order chi connectivity index (χ0) is 22.1. The Morgan fingerprint density at radius 1 is 1.23 bits per heavy atom. The van der Waals surface area contributed by atoms with Crippen LogP contribution in [0.3, 0.4) is 0 Å². The maximum Gasteiger partial charge on any atom is 0.341 e. The van der Waals surface area contributed by atoms with Crippen molar-refractivity contribution in [3.8, 4) is 11.5 Å². The SMILES string of the molecule is COC1=C(CCOC(=O)c2cc(Cl)c(O)cc2O)C(=O)C(NC=O)=CC1=O.F.FF. The first-order chi connectivity index (χ1) is 13.8. The number of ether oxygens (including phenoxy) is 2. The molecule has 1 aliphatic carbocycles. The molecule has 0 spiro atoms. The van der Waals surface area contributed by atoms with E-state index in [1.54, 1.807) is 0 Å². The van der Waals surface area contributed by atoms with Crippen LogP contribution in [0.25, 0.3) is 0 Å². The molecule has 0 fully saturated rings. The third kappa shape index (κ3) is 5.98. The number of aromatic hydroxyl groups is 2. The van der Waals surface area contributed by atoms with Crippen molar-refractivity contribution in [3.05, 3.63) is 45.8 Å². The number of allylic oxidation sites excluding steroid dienone is 2. The second kappa shape index (κ2) is 12.1. The molecule has 0 saturated carbocycles. The minimum absolute atomic E-state index is 0. The van der Waals surface area contributed by atoms with E-state index in [2.05, 4.69) is 5.32 Å². The highest BCUT2D eigenvalue weighted by Crippen LogP contribution is 2.31. The Hall–Kier alpha value is -3.54. The predicted molar refractivity (Wildman–Crippen MR) is 95.7 cm³/mol. The van der Waals surface area contributed by atoms with Crippen LogP contribution < -0.4 is 5.32 Å². The highest BCUT2D eigenvalue weighted by atomic mass is 35.5. The van der Waals surface area contributed by atoms with Gasteiger partial charge in [-0.25, -0.2) is 4.79 Å². The van der Waals surface area contributed by atoms with Gasteiger partial charge in [0.1, 0.15) is 17.1 Å². The van der Waals surface area contributed by atoms with Gasteiger partial charge >= 0.3 is 5.97 Å². The average molecular weight is 454 g/mol. The summed E-state index contributed by atoms with van der Waals surface area (Å²) in [5.74, 6) is -3.39. The number of ketones is 2. The Balaban J connectivity index is 0.00000272. The molecule has 0 heterocycles. The van der Waals surface area contributed by atoms with Crippen molar-refractivity contribution >= 4 is 35.5 Å². The fraction of sp³-hybridized carbons (Fsp3) is 0.176. The number of carbonyl (C=O) groups is 4. The molecule has 0 aromatic heterocycles. The van der Waals surface area contributed by atoms with Crippen LogP contribution in [0.1, 0.15) is 16.8 Å². The summed E-state index contributed by atoms with van der Waals surface area (Å²) in [6.07, 6.45) is 1.01. The number of Topliss-reactive ketones (excluding diaryl/α,β-unsaturated/α-hetero) is 1. The van der Waals surface area contributed by atoms with Crippen molar-refractivity contribution in [2.24, 2.45) is 0 Å². The first-order valence-electron chi connectivity index (χ1n) is 7.61. The quantitative estimate of drug-likeness (QED) is 0.323. The number of benzene rings is 1. The van der Waals surface area contributed by atoms with E-state index in [1.165, 1.54) is 7.11 Å². The molecule has 0 bridgehead atoms. The number of hydrogen-bond acceptors (Lipinski definition) is 8. The number of esters is 1. The molecule has 164 valence electrons. The zero-order valence-electron chi connectivity index (χ0n) is 15.1. The summed E-state index contributed by atoms with van der Waals surface area (Å²) in [4.78, 5) is 46.8. The molecule has 1 aromatic carbocycles. The number of rotatable bonds is 7. The molecule has 30 heavy (non-hydrogen) atoms. The predicted octanol–water partition coefficient (Wildman–Crippen LogP) is 1.97. The van der Waals surface area contributed by atoms with Crippen LogP contribution in [0.2, 0.25) is 5.02 Å². The van der Waals surface area contributed by atoms with E-state index in [1.807, 2.05) is 0 Å². The standard InChI is InChI=1S/C17H14ClNO8.F2.FH/c1-26-16-8(15(24)11(19-7-20)5-14(16)23)2-3-27-17(25)9-4-10(18)13(22)6-12(9)21;1-2;/h4-7,21-22H,2-3H2,1H3,(H,19,20);;1H. The molecule has 13 heteroatoms.